The maximum atomic E-state index is 5.26. The monoisotopic (exact) mass is 243 g/mol. The van der Waals surface area contributed by atoms with Crippen molar-refractivity contribution in [1.82, 2.24) is 10.1 Å². The largest absolute Gasteiger partial charge is 0.341 e. The molecule has 2 aromatic rings. The van der Waals surface area contributed by atoms with Crippen molar-refractivity contribution in [2.75, 3.05) is 18.5 Å². The maximum Gasteiger partial charge on any atom is 0.266 e. The minimum Gasteiger partial charge on any atom is -0.341 e. The molecule has 94 valence electrons. The summed E-state index contributed by atoms with van der Waals surface area (Å²) in [7, 11) is 1.96. The van der Waals surface area contributed by atoms with Crippen molar-refractivity contribution in [2.45, 2.75) is 12.8 Å². The van der Waals surface area contributed by atoms with Gasteiger partial charge in [0.1, 0.15) is 0 Å². The van der Waals surface area contributed by atoms with Crippen molar-refractivity contribution in [2.24, 2.45) is 0 Å². The predicted molar refractivity (Wildman–Crippen MR) is 72.4 cm³/mol. The number of rotatable bonds is 6. The molecule has 1 aromatic heterocycles. The number of aromatic nitrogens is 2. The van der Waals surface area contributed by atoms with Gasteiger partial charge >= 0.3 is 0 Å². The van der Waals surface area contributed by atoms with Gasteiger partial charge in [-0.25, -0.2) is 0 Å². The Labute approximate surface area is 107 Å². The van der Waals surface area contributed by atoms with E-state index in [1.807, 2.05) is 48.4 Å². The van der Waals surface area contributed by atoms with Gasteiger partial charge in [0, 0.05) is 19.2 Å². The van der Waals surface area contributed by atoms with Crippen molar-refractivity contribution < 1.29 is 4.52 Å². The van der Waals surface area contributed by atoms with E-state index in [1.165, 1.54) is 0 Å². The lowest BCUT2D eigenvalue weighted by Crippen LogP contribution is -2.19. The van der Waals surface area contributed by atoms with Gasteiger partial charge in [-0.15, -0.1) is 6.58 Å². The molecular formula is C14H17N3O. The van der Waals surface area contributed by atoms with Gasteiger partial charge in [-0.2, -0.15) is 4.98 Å². The number of benzene rings is 1. The van der Waals surface area contributed by atoms with Crippen LogP contribution >= 0.6 is 0 Å². The number of allylic oxidation sites excluding steroid dienone is 1. The van der Waals surface area contributed by atoms with Crippen molar-refractivity contribution in [1.29, 1.82) is 0 Å². The molecule has 0 aliphatic heterocycles. The van der Waals surface area contributed by atoms with Crippen LogP contribution in [0.25, 0.3) is 11.5 Å². The maximum absolute atomic E-state index is 5.26. The van der Waals surface area contributed by atoms with Gasteiger partial charge in [-0.05, 0) is 30.1 Å². The van der Waals surface area contributed by atoms with Crippen molar-refractivity contribution in [3.05, 3.63) is 43.0 Å². The fraction of sp³-hybridized carbons (Fsp3) is 0.286. The topological polar surface area (TPSA) is 42.2 Å². The summed E-state index contributed by atoms with van der Waals surface area (Å²) in [5, 5.41) is 3.99. The predicted octanol–water partition coefficient (Wildman–Crippen LogP) is 3.14. The SMILES string of the molecule is C=CCCCN(C)c1noc(-c2ccccc2)n1. The summed E-state index contributed by atoms with van der Waals surface area (Å²) in [4.78, 5) is 6.37. The Balaban J connectivity index is 2.04. The number of nitrogens with zero attached hydrogens (tertiary/aromatic N) is 3. The third-order valence-electron chi connectivity index (χ3n) is 2.68. The van der Waals surface area contributed by atoms with Crippen molar-refractivity contribution in [3.63, 3.8) is 0 Å². The molecular weight excluding hydrogens is 226 g/mol. The molecule has 0 bridgehead atoms. The number of unbranched alkanes of at least 4 members (excludes halogenated alkanes) is 1. The summed E-state index contributed by atoms with van der Waals surface area (Å²) in [6.45, 7) is 4.59. The molecule has 0 N–H and O–H groups in total. The molecule has 0 fully saturated rings. The quantitative estimate of drug-likeness (QED) is 0.577. The average molecular weight is 243 g/mol. The first-order chi connectivity index (χ1) is 8.81. The summed E-state index contributed by atoms with van der Waals surface area (Å²) in [5.41, 5.74) is 0.941. The Morgan fingerprint density at radius 2 is 2.11 bits per heavy atom. The number of anilines is 1. The summed E-state index contributed by atoms with van der Waals surface area (Å²) >= 11 is 0. The van der Waals surface area contributed by atoms with E-state index in [0.29, 0.717) is 11.8 Å². The molecule has 0 spiro atoms. The Bertz CT molecular complexity index is 493. The molecule has 0 radical (unpaired) electrons. The molecule has 0 atom stereocenters. The summed E-state index contributed by atoms with van der Waals surface area (Å²) < 4.78 is 5.26. The van der Waals surface area contributed by atoms with Gasteiger partial charge in [0.05, 0.1) is 0 Å². The highest BCUT2D eigenvalue weighted by atomic mass is 16.5. The molecule has 0 unspecified atom stereocenters. The lowest BCUT2D eigenvalue weighted by molar-refractivity contribution is 0.430. The Hall–Kier alpha value is -2.10. The van der Waals surface area contributed by atoms with E-state index in [1.54, 1.807) is 0 Å². The van der Waals surface area contributed by atoms with Crippen LogP contribution in [-0.2, 0) is 0 Å². The third kappa shape index (κ3) is 2.97. The fourth-order valence-corrected chi connectivity index (χ4v) is 1.64. The fourth-order valence-electron chi connectivity index (χ4n) is 1.64. The number of hydrogen-bond acceptors (Lipinski definition) is 4. The average Bonchev–Trinajstić information content (AvgIpc) is 2.89. The van der Waals surface area contributed by atoms with Crippen LogP contribution in [0.1, 0.15) is 12.8 Å². The first-order valence-corrected chi connectivity index (χ1v) is 6.02. The molecule has 4 heteroatoms. The zero-order chi connectivity index (χ0) is 12.8. The van der Waals surface area contributed by atoms with Gasteiger partial charge in [-0.3, -0.25) is 0 Å². The zero-order valence-electron chi connectivity index (χ0n) is 10.5. The first-order valence-electron chi connectivity index (χ1n) is 6.02. The van der Waals surface area contributed by atoms with Gasteiger partial charge in [-0.1, -0.05) is 24.3 Å². The Morgan fingerprint density at radius 1 is 1.33 bits per heavy atom. The van der Waals surface area contributed by atoms with Crippen LogP contribution in [-0.4, -0.2) is 23.7 Å². The van der Waals surface area contributed by atoms with Gasteiger partial charge in [0.25, 0.3) is 11.8 Å². The van der Waals surface area contributed by atoms with E-state index in [2.05, 4.69) is 16.7 Å². The lowest BCUT2D eigenvalue weighted by atomic mass is 10.2. The smallest absolute Gasteiger partial charge is 0.266 e. The molecule has 0 saturated carbocycles. The van der Waals surface area contributed by atoms with Crippen LogP contribution in [0, 0.1) is 0 Å². The van der Waals surface area contributed by atoms with Crippen LogP contribution in [0.2, 0.25) is 0 Å². The zero-order valence-corrected chi connectivity index (χ0v) is 10.5. The molecule has 1 heterocycles. The minimum absolute atomic E-state index is 0.557. The summed E-state index contributed by atoms with van der Waals surface area (Å²) in [6, 6.07) is 9.77. The normalized spacial score (nSPS) is 10.3. The third-order valence-corrected chi connectivity index (χ3v) is 2.68. The van der Waals surface area contributed by atoms with Gasteiger partial charge in [0.15, 0.2) is 0 Å². The molecule has 0 saturated heterocycles. The molecule has 0 aliphatic carbocycles. The molecule has 2 rings (SSSR count). The van der Waals surface area contributed by atoms with Crippen LogP contribution in [0.15, 0.2) is 47.5 Å². The molecule has 4 nitrogen and oxygen atoms in total. The standard InChI is InChI=1S/C14H17N3O/c1-3-4-8-11-17(2)14-15-13(18-16-14)12-9-6-5-7-10-12/h3,5-7,9-10H,1,4,8,11H2,2H3. The van der Waals surface area contributed by atoms with Crippen molar-refractivity contribution >= 4 is 5.95 Å². The van der Waals surface area contributed by atoms with E-state index < -0.39 is 0 Å². The molecule has 1 aromatic carbocycles. The highest BCUT2D eigenvalue weighted by molar-refractivity contribution is 5.53. The van der Waals surface area contributed by atoms with Crippen molar-refractivity contribution in [3.8, 4) is 11.5 Å². The minimum atomic E-state index is 0.557. The second-order valence-corrected chi connectivity index (χ2v) is 4.12. The molecule has 0 aliphatic rings. The second kappa shape index (κ2) is 6.00. The van der Waals surface area contributed by atoms with Crippen LogP contribution in [0.3, 0.4) is 0 Å². The molecule has 18 heavy (non-hydrogen) atoms. The van der Waals surface area contributed by atoms with Crippen LogP contribution < -0.4 is 4.90 Å². The van der Waals surface area contributed by atoms with Crippen LogP contribution in [0.4, 0.5) is 5.95 Å². The molecule has 0 amide bonds. The van der Waals surface area contributed by atoms with Gasteiger partial charge < -0.3 is 9.42 Å². The first kappa shape index (κ1) is 12.4. The van der Waals surface area contributed by atoms with E-state index in [9.17, 15) is 0 Å². The highest BCUT2D eigenvalue weighted by Gasteiger charge is 2.11. The number of hydrogen-bond donors (Lipinski definition) is 0. The van der Waals surface area contributed by atoms with E-state index in [4.69, 9.17) is 4.52 Å². The van der Waals surface area contributed by atoms with E-state index >= 15 is 0 Å². The Morgan fingerprint density at radius 3 is 2.83 bits per heavy atom. The summed E-state index contributed by atoms with van der Waals surface area (Å²) in [5.74, 6) is 1.18. The van der Waals surface area contributed by atoms with Crippen LogP contribution in [0.5, 0.6) is 0 Å². The Kier molecular flexibility index (Phi) is 4.12. The summed E-state index contributed by atoms with van der Waals surface area (Å²) in [6.07, 6.45) is 3.95. The van der Waals surface area contributed by atoms with E-state index in [-0.39, 0.29) is 0 Å². The van der Waals surface area contributed by atoms with E-state index in [0.717, 1.165) is 24.9 Å². The lowest BCUT2D eigenvalue weighted by Gasteiger charge is -2.12. The second-order valence-electron chi connectivity index (χ2n) is 4.12. The van der Waals surface area contributed by atoms with Gasteiger partial charge in [0.2, 0.25) is 0 Å². The highest BCUT2D eigenvalue weighted by Crippen LogP contribution is 2.19.